The molecule has 0 saturated heterocycles. The lowest BCUT2D eigenvalue weighted by molar-refractivity contribution is -0.137. The number of alkyl halides is 3. The molecule has 1 unspecified atom stereocenters. The number of methoxy groups -OCH3 is 2. The van der Waals surface area contributed by atoms with Gasteiger partial charge in [0.15, 0.2) is 6.10 Å². The van der Waals surface area contributed by atoms with Gasteiger partial charge in [0.25, 0.3) is 5.91 Å². The lowest BCUT2D eigenvalue weighted by atomic mass is 10.1. The maximum atomic E-state index is 12.6. The maximum absolute atomic E-state index is 12.6. The van der Waals surface area contributed by atoms with Crippen molar-refractivity contribution in [1.82, 2.24) is 0 Å². The summed E-state index contributed by atoms with van der Waals surface area (Å²) in [5.74, 6) is -1.13. The molecule has 1 atom stereocenters. The van der Waals surface area contributed by atoms with E-state index in [-0.39, 0.29) is 22.7 Å². The summed E-state index contributed by atoms with van der Waals surface area (Å²) in [5.41, 5.74) is -0.689. The van der Waals surface area contributed by atoms with Gasteiger partial charge in [-0.15, -0.1) is 0 Å². The van der Waals surface area contributed by atoms with Crippen LogP contribution in [0.1, 0.15) is 22.8 Å². The van der Waals surface area contributed by atoms with Gasteiger partial charge in [0.1, 0.15) is 17.1 Å². The Kier molecular flexibility index (Phi) is 6.50. The third-order valence-electron chi connectivity index (χ3n) is 3.76. The molecule has 150 valence electrons. The van der Waals surface area contributed by atoms with Crippen LogP contribution in [0.5, 0.6) is 11.5 Å². The van der Waals surface area contributed by atoms with Crippen LogP contribution in [0.3, 0.4) is 0 Å². The quantitative estimate of drug-likeness (QED) is 0.749. The zero-order valence-electron chi connectivity index (χ0n) is 15.3. The molecule has 0 aliphatic carbocycles. The zero-order chi connectivity index (χ0) is 20.9. The summed E-state index contributed by atoms with van der Waals surface area (Å²) >= 11 is 0. The molecule has 28 heavy (non-hydrogen) atoms. The summed E-state index contributed by atoms with van der Waals surface area (Å²) in [6.07, 6.45) is -5.69. The Morgan fingerprint density at radius 2 is 1.50 bits per heavy atom. The Labute approximate surface area is 159 Å². The van der Waals surface area contributed by atoms with E-state index in [0.717, 1.165) is 24.3 Å². The van der Waals surface area contributed by atoms with Crippen LogP contribution in [0.15, 0.2) is 42.5 Å². The number of esters is 1. The number of rotatable bonds is 6. The summed E-state index contributed by atoms with van der Waals surface area (Å²) < 4.78 is 53.1. The molecule has 0 aliphatic heterocycles. The van der Waals surface area contributed by atoms with Gasteiger partial charge in [0.2, 0.25) is 0 Å². The van der Waals surface area contributed by atoms with Crippen LogP contribution in [-0.4, -0.2) is 32.2 Å². The van der Waals surface area contributed by atoms with E-state index in [9.17, 15) is 22.8 Å². The van der Waals surface area contributed by atoms with Gasteiger partial charge in [0, 0.05) is 5.69 Å². The highest BCUT2D eigenvalue weighted by Crippen LogP contribution is 2.30. The molecule has 1 N–H and O–H groups in total. The second-order valence-corrected chi connectivity index (χ2v) is 5.65. The van der Waals surface area contributed by atoms with Crippen molar-refractivity contribution in [3.05, 3.63) is 53.6 Å². The Morgan fingerprint density at radius 3 is 1.96 bits per heavy atom. The monoisotopic (exact) mass is 397 g/mol. The van der Waals surface area contributed by atoms with Crippen molar-refractivity contribution in [2.45, 2.75) is 19.2 Å². The van der Waals surface area contributed by atoms with E-state index in [1.54, 1.807) is 6.07 Å². The van der Waals surface area contributed by atoms with Gasteiger partial charge in [-0.1, -0.05) is 6.07 Å². The molecular weight excluding hydrogens is 379 g/mol. The highest BCUT2D eigenvalue weighted by Gasteiger charge is 2.30. The van der Waals surface area contributed by atoms with Gasteiger partial charge in [0.05, 0.1) is 19.8 Å². The molecule has 0 fully saturated rings. The van der Waals surface area contributed by atoms with E-state index >= 15 is 0 Å². The van der Waals surface area contributed by atoms with Gasteiger partial charge in [-0.05, 0) is 43.3 Å². The third kappa shape index (κ3) is 4.93. The highest BCUT2D eigenvalue weighted by atomic mass is 19.4. The number of hydrogen-bond acceptors (Lipinski definition) is 5. The average Bonchev–Trinajstić information content (AvgIpc) is 2.66. The molecule has 0 saturated carbocycles. The average molecular weight is 397 g/mol. The lowest BCUT2D eigenvalue weighted by Crippen LogP contribution is -2.30. The fourth-order valence-electron chi connectivity index (χ4n) is 2.31. The topological polar surface area (TPSA) is 73.9 Å². The molecule has 6 nitrogen and oxygen atoms in total. The van der Waals surface area contributed by atoms with Crippen LogP contribution < -0.4 is 14.8 Å². The number of carbonyl (C=O) groups excluding carboxylic acids is 2. The first kappa shape index (κ1) is 21.1. The van der Waals surface area contributed by atoms with Crippen molar-refractivity contribution in [3.63, 3.8) is 0 Å². The fourth-order valence-corrected chi connectivity index (χ4v) is 2.31. The molecule has 0 spiro atoms. The van der Waals surface area contributed by atoms with E-state index in [0.29, 0.717) is 0 Å². The van der Waals surface area contributed by atoms with Gasteiger partial charge in [-0.2, -0.15) is 13.2 Å². The van der Waals surface area contributed by atoms with Gasteiger partial charge < -0.3 is 19.5 Å². The van der Waals surface area contributed by atoms with Crippen molar-refractivity contribution in [3.8, 4) is 11.5 Å². The summed E-state index contributed by atoms with van der Waals surface area (Å²) in [5, 5.41) is 2.39. The molecule has 0 bridgehead atoms. The van der Waals surface area contributed by atoms with Gasteiger partial charge in [-0.3, -0.25) is 4.79 Å². The second-order valence-electron chi connectivity index (χ2n) is 5.65. The van der Waals surface area contributed by atoms with Crippen LogP contribution in [0, 0.1) is 0 Å². The first-order valence-corrected chi connectivity index (χ1v) is 8.07. The number of nitrogens with one attached hydrogen (secondary N) is 1. The molecular formula is C19H18F3NO5. The van der Waals surface area contributed by atoms with Crippen LogP contribution in [-0.2, 0) is 15.7 Å². The molecule has 1 amide bonds. The predicted octanol–water partition coefficient (Wildman–Crippen LogP) is 3.91. The molecule has 0 heterocycles. The van der Waals surface area contributed by atoms with Crippen molar-refractivity contribution in [2.75, 3.05) is 19.5 Å². The number of halogens is 3. The van der Waals surface area contributed by atoms with Gasteiger partial charge in [-0.25, -0.2) is 4.79 Å². The van der Waals surface area contributed by atoms with Gasteiger partial charge >= 0.3 is 12.1 Å². The Morgan fingerprint density at radius 1 is 0.964 bits per heavy atom. The molecule has 0 radical (unpaired) electrons. The summed E-state index contributed by atoms with van der Waals surface area (Å²) in [4.78, 5) is 24.6. The van der Waals surface area contributed by atoms with Crippen LogP contribution >= 0.6 is 0 Å². The number of ether oxygens (including phenoxy) is 3. The number of hydrogen-bond donors (Lipinski definition) is 1. The Hall–Kier alpha value is -3.23. The molecule has 0 aliphatic rings. The van der Waals surface area contributed by atoms with Crippen LogP contribution in [0.25, 0.3) is 0 Å². The van der Waals surface area contributed by atoms with Crippen LogP contribution in [0.2, 0.25) is 0 Å². The van der Waals surface area contributed by atoms with E-state index in [1.807, 2.05) is 0 Å². The Bertz CT molecular complexity index is 827. The van der Waals surface area contributed by atoms with Crippen molar-refractivity contribution in [2.24, 2.45) is 0 Å². The highest BCUT2D eigenvalue weighted by molar-refractivity contribution is 5.99. The molecule has 0 aromatic heterocycles. The first-order valence-electron chi connectivity index (χ1n) is 8.07. The predicted molar refractivity (Wildman–Crippen MR) is 94.5 cm³/mol. The minimum Gasteiger partial charge on any atom is -0.496 e. The third-order valence-corrected chi connectivity index (χ3v) is 3.76. The molecule has 2 rings (SSSR count). The van der Waals surface area contributed by atoms with E-state index in [2.05, 4.69) is 5.32 Å². The summed E-state index contributed by atoms with van der Waals surface area (Å²) in [6.45, 7) is 1.33. The summed E-state index contributed by atoms with van der Waals surface area (Å²) in [6, 6.07) is 8.59. The number of benzene rings is 2. The van der Waals surface area contributed by atoms with Crippen molar-refractivity contribution >= 4 is 17.6 Å². The van der Waals surface area contributed by atoms with Crippen molar-refractivity contribution < 1.29 is 37.0 Å². The minimum atomic E-state index is -4.47. The molecule has 2 aromatic rings. The number of carbonyl (C=O) groups is 2. The zero-order valence-corrected chi connectivity index (χ0v) is 15.3. The lowest BCUT2D eigenvalue weighted by Gasteiger charge is -2.16. The standard InChI is InChI=1S/C19H18F3NO5/c1-11(17(24)23-13-9-7-12(8-10-13)19(20,21)22)28-18(25)16-14(26-2)5-4-6-15(16)27-3/h4-11H,1-3H3,(H,23,24). The second kappa shape index (κ2) is 8.64. The SMILES string of the molecule is COc1cccc(OC)c1C(=O)OC(C)C(=O)Nc1ccc(C(F)(F)F)cc1. The normalized spacial score (nSPS) is 12.1. The van der Waals surface area contributed by atoms with Crippen molar-refractivity contribution in [1.29, 1.82) is 0 Å². The number of anilines is 1. The smallest absolute Gasteiger partial charge is 0.416 e. The minimum absolute atomic E-state index is 0.0154. The van der Waals surface area contributed by atoms with Crippen LogP contribution in [0.4, 0.5) is 18.9 Å². The fraction of sp³-hybridized carbons (Fsp3) is 0.263. The summed E-state index contributed by atoms with van der Waals surface area (Å²) in [7, 11) is 2.73. The Balaban J connectivity index is 2.07. The van der Waals surface area contributed by atoms with E-state index in [1.165, 1.54) is 33.3 Å². The first-order chi connectivity index (χ1) is 13.2. The molecule has 9 heteroatoms. The van der Waals surface area contributed by atoms with E-state index < -0.39 is 29.7 Å². The molecule has 2 aromatic carbocycles. The largest absolute Gasteiger partial charge is 0.496 e. The van der Waals surface area contributed by atoms with E-state index in [4.69, 9.17) is 14.2 Å². The number of amides is 1. The maximum Gasteiger partial charge on any atom is 0.416 e.